The second-order valence-corrected chi connectivity index (χ2v) is 9.29. The number of amides is 3. The van der Waals surface area contributed by atoms with E-state index in [0.29, 0.717) is 5.56 Å². The molecule has 5 rings (SSSR count). The van der Waals surface area contributed by atoms with E-state index in [4.69, 9.17) is 33.0 Å². The number of carbonyl (C=O) groups is 3. The minimum absolute atomic E-state index is 0.123. The maximum atomic E-state index is 13.2. The number of nitrogens with zero attached hydrogens (tertiary/aromatic N) is 2. The van der Waals surface area contributed by atoms with E-state index in [9.17, 15) is 14.4 Å². The predicted octanol–water partition coefficient (Wildman–Crippen LogP) is -0.886. The highest BCUT2D eigenvalue weighted by molar-refractivity contribution is 6.50. The summed E-state index contributed by atoms with van der Waals surface area (Å²) in [6, 6.07) is 8.68. The van der Waals surface area contributed by atoms with Crippen LogP contribution in [0.1, 0.15) is 45.8 Å². The number of rotatable bonds is 6. The highest BCUT2D eigenvalue weighted by Gasteiger charge is 2.44. The number of fused-ring (bicyclic) bond motifs is 1. The molecular formula is C25H24B3N3O5. The first-order valence-electron chi connectivity index (χ1n) is 12.0. The largest absolute Gasteiger partial charge is 0.489 e. The van der Waals surface area contributed by atoms with Crippen LogP contribution < -0.4 is 21.0 Å². The van der Waals surface area contributed by atoms with Gasteiger partial charge in [0, 0.05) is 43.1 Å². The molecule has 2 aromatic carbocycles. The number of nitrogens with one attached hydrogen (secondary N) is 1. The molecule has 11 heteroatoms. The summed E-state index contributed by atoms with van der Waals surface area (Å²) in [5, 5.41) is 2.27. The number of imide groups is 1. The maximum absolute atomic E-state index is 13.2. The Kier molecular flexibility index (Phi) is 6.95. The fraction of sp³-hybridized carbons (Fsp3) is 0.400. The smallest absolute Gasteiger partial charge is 0.254 e. The van der Waals surface area contributed by atoms with Crippen LogP contribution in [0, 0.1) is 0 Å². The lowest BCUT2D eigenvalue weighted by molar-refractivity contribution is -0.137. The van der Waals surface area contributed by atoms with Gasteiger partial charge in [-0.15, -0.1) is 0 Å². The van der Waals surface area contributed by atoms with Gasteiger partial charge in [-0.2, -0.15) is 0 Å². The van der Waals surface area contributed by atoms with Crippen molar-refractivity contribution < 1.29 is 23.9 Å². The summed E-state index contributed by atoms with van der Waals surface area (Å²) in [7, 11) is 18.8. The van der Waals surface area contributed by atoms with Crippen molar-refractivity contribution in [1.82, 2.24) is 15.1 Å². The lowest BCUT2D eigenvalue weighted by atomic mass is 9.75. The van der Waals surface area contributed by atoms with E-state index in [1.165, 1.54) is 16.5 Å². The normalized spacial score (nSPS) is 22.4. The van der Waals surface area contributed by atoms with E-state index in [2.05, 4.69) is 22.3 Å². The van der Waals surface area contributed by atoms with Crippen molar-refractivity contribution in [3.63, 3.8) is 0 Å². The first-order valence-corrected chi connectivity index (χ1v) is 12.0. The summed E-state index contributed by atoms with van der Waals surface area (Å²) >= 11 is 0. The molecule has 6 radical (unpaired) electrons. The zero-order valence-electron chi connectivity index (χ0n) is 19.9. The first-order chi connectivity index (χ1) is 17.3. The van der Waals surface area contributed by atoms with Gasteiger partial charge in [-0.1, -0.05) is 41.3 Å². The van der Waals surface area contributed by atoms with Crippen LogP contribution in [0.2, 0.25) is 0 Å². The van der Waals surface area contributed by atoms with Crippen molar-refractivity contribution >= 4 is 52.2 Å². The number of benzene rings is 2. The van der Waals surface area contributed by atoms with Gasteiger partial charge in [-0.3, -0.25) is 24.6 Å². The molecular weight excluding hydrogens is 455 g/mol. The summed E-state index contributed by atoms with van der Waals surface area (Å²) in [6.45, 7) is 4.39. The van der Waals surface area contributed by atoms with E-state index in [0.717, 1.165) is 38.4 Å². The summed E-state index contributed by atoms with van der Waals surface area (Å²) < 4.78 is 11.5. The van der Waals surface area contributed by atoms with Crippen LogP contribution in [0.15, 0.2) is 30.3 Å². The molecule has 3 aliphatic heterocycles. The van der Waals surface area contributed by atoms with Crippen LogP contribution in [0.25, 0.3) is 0 Å². The third-order valence-electron chi connectivity index (χ3n) is 6.91. The zero-order chi connectivity index (χ0) is 25.4. The molecule has 0 spiro atoms. The van der Waals surface area contributed by atoms with Gasteiger partial charge in [0.2, 0.25) is 11.8 Å². The number of hydrogen-bond acceptors (Lipinski definition) is 6. The Morgan fingerprint density at radius 1 is 1.06 bits per heavy atom. The van der Waals surface area contributed by atoms with Gasteiger partial charge >= 0.3 is 0 Å². The van der Waals surface area contributed by atoms with Crippen LogP contribution in [-0.2, 0) is 27.5 Å². The van der Waals surface area contributed by atoms with Crippen molar-refractivity contribution in [2.24, 2.45) is 0 Å². The van der Waals surface area contributed by atoms with Crippen LogP contribution >= 0.6 is 0 Å². The van der Waals surface area contributed by atoms with Gasteiger partial charge in [-0.25, -0.2) is 0 Å². The van der Waals surface area contributed by atoms with Gasteiger partial charge in [0.25, 0.3) is 5.91 Å². The number of piperidine rings is 1. The average molecular weight is 479 g/mol. The quantitative estimate of drug-likeness (QED) is 0.428. The molecule has 3 aliphatic rings. The Morgan fingerprint density at radius 3 is 2.44 bits per heavy atom. The third kappa shape index (κ3) is 4.69. The van der Waals surface area contributed by atoms with E-state index >= 15 is 0 Å². The summed E-state index contributed by atoms with van der Waals surface area (Å²) in [4.78, 5) is 40.9. The van der Waals surface area contributed by atoms with Gasteiger partial charge in [0.05, 0.1) is 13.2 Å². The lowest BCUT2D eigenvalue weighted by Gasteiger charge is -2.33. The van der Waals surface area contributed by atoms with Crippen LogP contribution in [0.4, 0.5) is 0 Å². The average Bonchev–Trinajstić information content (AvgIpc) is 3.10. The number of hydrogen-bond donors (Lipinski definition) is 1. The minimum atomic E-state index is -0.967. The van der Waals surface area contributed by atoms with Crippen LogP contribution in [-0.4, -0.2) is 83.4 Å². The van der Waals surface area contributed by atoms with Crippen molar-refractivity contribution in [1.29, 1.82) is 0 Å². The van der Waals surface area contributed by atoms with E-state index in [1.807, 2.05) is 12.1 Å². The third-order valence-corrected chi connectivity index (χ3v) is 6.91. The maximum Gasteiger partial charge on any atom is 0.254 e. The molecule has 2 atom stereocenters. The fourth-order valence-electron chi connectivity index (χ4n) is 4.94. The van der Waals surface area contributed by atoms with Gasteiger partial charge in [-0.05, 0) is 17.5 Å². The standard InChI is InChI=1S/C25H24B3N3O5/c26-17-11-16-20(23(28)31(25(16)34)18-5-6-19(32)29-24(18)33)22(21(17)27)36-13-15-3-1-14(2-4-15)12-30-7-9-35-10-8-30/h1-4,11,18,23H,5-10,12-13H2,(H,29,32,33). The second kappa shape index (κ2) is 10.1. The highest BCUT2D eigenvalue weighted by atomic mass is 16.5. The molecule has 1 N–H and O–H groups in total. The van der Waals surface area contributed by atoms with Crippen molar-refractivity contribution in [2.45, 2.75) is 38.0 Å². The van der Waals surface area contributed by atoms with Gasteiger partial charge in [0.1, 0.15) is 41.9 Å². The van der Waals surface area contributed by atoms with E-state index < -0.39 is 23.8 Å². The first kappa shape index (κ1) is 24.7. The fourth-order valence-corrected chi connectivity index (χ4v) is 4.94. The molecule has 2 fully saturated rings. The molecule has 3 amide bonds. The lowest BCUT2D eigenvalue weighted by Crippen LogP contribution is -2.53. The van der Waals surface area contributed by atoms with Crippen LogP contribution in [0.3, 0.4) is 0 Å². The summed E-state index contributed by atoms with van der Waals surface area (Å²) in [5.74, 6) is -2.11. The minimum Gasteiger partial charge on any atom is -0.489 e. The molecule has 36 heavy (non-hydrogen) atoms. The van der Waals surface area contributed by atoms with Gasteiger partial charge in [0.15, 0.2) is 0 Å². The SMILES string of the molecule is [B]c1cc2c(c(OCc3ccc(CN4CCOCC4)cc3)c1[B])C([B])N(C1CCC(=O)NC1=O)C2=O. The molecule has 178 valence electrons. The molecule has 2 aromatic rings. The predicted molar refractivity (Wildman–Crippen MR) is 135 cm³/mol. The van der Waals surface area contributed by atoms with Crippen molar-refractivity contribution in [3.05, 3.63) is 52.6 Å². The molecule has 2 unspecified atom stereocenters. The Balaban J connectivity index is 1.34. The topological polar surface area (TPSA) is 88.2 Å². The Morgan fingerprint density at radius 2 is 1.75 bits per heavy atom. The van der Waals surface area contributed by atoms with Gasteiger partial charge < -0.3 is 14.4 Å². The van der Waals surface area contributed by atoms with Crippen molar-refractivity contribution in [2.75, 3.05) is 26.3 Å². The van der Waals surface area contributed by atoms with E-state index in [-0.39, 0.29) is 47.6 Å². The van der Waals surface area contributed by atoms with E-state index in [1.54, 1.807) is 0 Å². The number of morpholine rings is 1. The molecule has 0 aromatic heterocycles. The molecule has 0 bridgehead atoms. The number of ether oxygens (including phenoxy) is 2. The molecule has 2 saturated heterocycles. The molecule has 0 aliphatic carbocycles. The summed E-state index contributed by atoms with van der Waals surface area (Å²) in [6.07, 6.45) is 0.314. The van der Waals surface area contributed by atoms with Crippen LogP contribution in [0.5, 0.6) is 5.75 Å². The molecule has 3 heterocycles. The monoisotopic (exact) mass is 479 g/mol. The second-order valence-electron chi connectivity index (χ2n) is 9.29. The van der Waals surface area contributed by atoms with Crippen molar-refractivity contribution in [3.8, 4) is 5.75 Å². The summed E-state index contributed by atoms with van der Waals surface area (Å²) in [5.41, 5.74) is 3.12. The highest BCUT2D eigenvalue weighted by Crippen LogP contribution is 2.39. The Labute approximate surface area is 213 Å². The molecule has 0 saturated carbocycles. The molecule has 8 nitrogen and oxygen atoms in total. The zero-order valence-corrected chi connectivity index (χ0v) is 19.9. The Hall–Kier alpha value is -3.04. The Bertz CT molecular complexity index is 1200. The number of carbonyl (C=O) groups excluding carboxylic acids is 3.